The van der Waals surface area contributed by atoms with E-state index in [2.05, 4.69) is 24.5 Å². The average molecular weight is 347 g/mol. The third-order valence-electron chi connectivity index (χ3n) is 3.72. The molecular weight excluding hydrogens is 324 g/mol. The molecule has 0 radical (unpaired) electrons. The molecular formula is C19H23ClN2O2. The Kier molecular flexibility index (Phi) is 6.10. The van der Waals surface area contributed by atoms with Crippen molar-refractivity contribution in [3.05, 3.63) is 58.1 Å². The van der Waals surface area contributed by atoms with Crippen molar-refractivity contribution < 1.29 is 9.53 Å². The molecule has 0 aliphatic heterocycles. The molecule has 5 heteroatoms. The van der Waals surface area contributed by atoms with Crippen LogP contribution in [-0.4, -0.2) is 12.8 Å². The lowest BCUT2D eigenvalue weighted by Crippen LogP contribution is -2.32. The van der Waals surface area contributed by atoms with Gasteiger partial charge in [0.1, 0.15) is 5.75 Å². The van der Waals surface area contributed by atoms with Gasteiger partial charge in [0.15, 0.2) is 6.73 Å². The zero-order valence-corrected chi connectivity index (χ0v) is 15.2. The first kappa shape index (κ1) is 18.1. The number of halogens is 1. The van der Waals surface area contributed by atoms with Crippen molar-refractivity contribution in [2.24, 2.45) is 0 Å². The Morgan fingerprint density at radius 3 is 2.25 bits per heavy atom. The summed E-state index contributed by atoms with van der Waals surface area (Å²) in [6.45, 7) is 8.18. The maximum atomic E-state index is 11.9. The first-order chi connectivity index (χ1) is 11.4. The van der Waals surface area contributed by atoms with Crippen LogP contribution in [0.25, 0.3) is 0 Å². The van der Waals surface area contributed by atoms with E-state index in [1.54, 1.807) is 0 Å². The van der Waals surface area contributed by atoms with E-state index in [1.807, 2.05) is 50.2 Å². The quantitative estimate of drug-likeness (QED) is 0.727. The van der Waals surface area contributed by atoms with Gasteiger partial charge in [-0.2, -0.15) is 0 Å². The lowest BCUT2D eigenvalue weighted by atomic mass is 10.0. The molecule has 0 aliphatic rings. The van der Waals surface area contributed by atoms with Crippen LogP contribution in [0.3, 0.4) is 0 Å². The first-order valence-corrected chi connectivity index (χ1v) is 8.29. The second kappa shape index (κ2) is 8.06. The summed E-state index contributed by atoms with van der Waals surface area (Å²) >= 11 is 6.12. The largest absolute Gasteiger partial charge is 0.473 e. The number of amides is 2. The Hall–Kier alpha value is -2.20. The summed E-state index contributed by atoms with van der Waals surface area (Å²) in [5, 5.41) is 6.17. The fourth-order valence-electron chi connectivity index (χ4n) is 2.30. The summed E-state index contributed by atoms with van der Waals surface area (Å²) in [6.07, 6.45) is 0. The number of ether oxygens (including phenoxy) is 1. The molecule has 4 nitrogen and oxygen atoms in total. The van der Waals surface area contributed by atoms with Gasteiger partial charge in [-0.3, -0.25) is 0 Å². The van der Waals surface area contributed by atoms with E-state index in [1.165, 1.54) is 5.56 Å². The minimum absolute atomic E-state index is 0.0798. The third kappa shape index (κ3) is 4.90. The summed E-state index contributed by atoms with van der Waals surface area (Å²) < 4.78 is 5.55. The molecule has 0 aliphatic carbocycles. The van der Waals surface area contributed by atoms with Gasteiger partial charge in [-0.1, -0.05) is 37.6 Å². The fourth-order valence-corrected chi connectivity index (χ4v) is 2.41. The van der Waals surface area contributed by atoms with Gasteiger partial charge in [0, 0.05) is 10.7 Å². The SMILES string of the molecule is Cc1cc(OCNC(=O)Nc2ccc(C(C)C)cc2)cc(C)c1Cl. The Morgan fingerprint density at radius 1 is 1.12 bits per heavy atom. The number of carbonyl (C=O) groups excluding carboxylic acids is 1. The predicted octanol–water partition coefficient (Wildman–Crippen LogP) is 5.24. The molecule has 2 rings (SSSR count). The smallest absolute Gasteiger partial charge is 0.321 e. The Morgan fingerprint density at radius 2 is 1.71 bits per heavy atom. The van der Waals surface area contributed by atoms with Crippen molar-refractivity contribution in [1.29, 1.82) is 0 Å². The number of hydrogen-bond acceptors (Lipinski definition) is 2. The molecule has 2 amide bonds. The monoisotopic (exact) mass is 346 g/mol. The third-order valence-corrected chi connectivity index (χ3v) is 4.31. The van der Waals surface area contributed by atoms with E-state index in [9.17, 15) is 4.79 Å². The van der Waals surface area contributed by atoms with Crippen LogP contribution in [0.5, 0.6) is 5.75 Å². The summed E-state index contributed by atoms with van der Waals surface area (Å²) in [6, 6.07) is 11.2. The average Bonchev–Trinajstić information content (AvgIpc) is 2.53. The molecule has 0 fully saturated rings. The van der Waals surface area contributed by atoms with Crippen LogP contribution in [0, 0.1) is 13.8 Å². The van der Waals surface area contributed by atoms with Crippen molar-refractivity contribution in [3.8, 4) is 5.75 Å². The number of anilines is 1. The lowest BCUT2D eigenvalue weighted by molar-refractivity contribution is 0.234. The summed E-state index contributed by atoms with van der Waals surface area (Å²) in [5.74, 6) is 1.14. The molecule has 0 saturated heterocycles. The number of rotatable bonds is 5. The Labute approximate surface area is 148 Å². The highest BCUT2D eigenvalue weighted by Crippen LogP contribution is 2.25. The maximum Gasteiger partial charge on any atom is 0.321 e. The first-order valence-electron chi connectivity index (χ1n) is 7.91. The highest BCUT2D eigenvalue weighted by Gasteiger charge is 2.05. The van der Waals surface area contributed by atoms with Crippen LogP contribution in [0.1, 0.15) is 36.5 Å². The summed E-state index contributed by atoms with van der Waals surface area (Å²) in [5.41, 5.74) is 3.87. The molecule has 0 saturated carbocycles. The van der Waals surface area contributed by atoms with Gasteiger partial charge in [-0.15, -0.1) is 0 Å². The van der Waals surface area contributed by atoms with Crippen LogP contribution in [0.2, 0.25) is 5.02 Å². The fraction of sp³-hybridized carbons (Fsp3) is 0.316. The van der Waals surface area contributed by atoms with Crippen LogP contribution in [-0.2, 0) is 0 Å². The van der Waals surface area contributed by atoms with E-state index < -0.39 is 0 Å². The van der Waals surface area contributed by atoms with Crippen molar-refractivity contribution >= 4 is 23.3 Å². The number of nitrogens with one attached hydrogen (secondary N) is 2. The molecule has 24 heavy (non-hydrogen) atoms. The zero-order chi connectivity index (χ0) is 17.7. The van der Waals surface area contributed by atoms with Crippen molar-refractivity contribution in [2.45, 2.75) is 33.6 Å². The number of carbonyl (C=O) groups is 1. The van der Waals surface area contributed by atoms with Gasteiger partial charge in [0.2, 0.25) is 0 Å². The van der Waals surface area contributed by atoms with Gasteiger partial charge in [-0.05, 0) is 60.7 Å². The van der Waals surface area contributed by atoms with E-state index in [-0.39, 0.29) is 12.8 Å². The van der Waals surface area contributed by atoms with E-state index in [0.29, 0.717) is 11.7 Å². The van der Waals surface area contributed by atoms with Gasteiger partial charge in [0.05, 0.1) is 0 Å². The number of aryl methyl sites for hydroxylation is 2. The normalized spacial score (nSPS) is 10.6. The van der Waals surface area contributed by atoms with E-state index in [4.69, 9.17) is 16.3 Å². The molecule has 128 valence electrons. The molecule has 2 aromatic carbocycles. The second-order valence-corrected chi connectivity index (χ2v) is 6.45. The topological polar surface area (TPSA) is 50.4 Å². The molecule has 0 heterocycles. The molecule has 0 unspecified atom stereocenters. The summed E-state index contributed by atoms with van der Waals surface area (Å²) in [7, 11) is 0. The highest BCUT2D eigenvalue weighted by molar-refractivity contribution is 6.32. The van der Waals surface area contributed by atoms with Crippen molar-refractivity contribution in [1.82, 2.24) is 5.32 Å². The molecule has 0 atom stereocenters. The van der Waals surface area contributed by atoms with Crippen molar-refractivity contribution in [3.63, 3.8) is 0 Å². The lowest BCUT2D eigenvalue weighted by Gasteiger charge is -2.12. The van der Waals surface area contributed by atoms with Gasteiger partial charge < -0.3 is 15.4 Å². The minimum Gasteiger partial charge on any atom is -0.473 e. The summed E-state index contributed by atoms with van der Waals surface area (Å²) in [4.78, 5) is 11.9. The Balaban J connectivity index is 1.83. The van der Waals surface area contributed by atoms with Gasteiger partial charge in [0.25, 0.3) is 0 Å². The second-order valence-electron chi connectivity index (χ2n) is 6.07. The maximum absolute atomic E-state index is 11.9. The van der Waals surface area contributed by atoms with Gasteiger partial charge in [-0.25, -0.2) is 4.79 Å². The van der Waals surface area contributed by atoms with Crippen molar-refractivity contribution in [2.75, 3.05) is 12.0 Å². The number of benzene rings is 2. The molecule has 0 bridgehead atoms. The van der Waals surface area contributed by atoms with Crippen LogP contribution in [0.4, 0.5) is 10.5 Å². The number of hydrogen-bond donors (Lipinski definition) is 2. The molecule has 2 aromatic rings. The van der Waals surface area contributed by atoms with E-state index in [0.717, 1.165) is 21.8 Å². The predicted molar refractivity (Wildman–Crippen MR) is 99.1 cm³/mol. The van der Waals surface area contributed by atoms with Crippen LogP contribution < -0.4 is 15.4 Å². The van der Waals surface area contributed by atoms with Crippen LogP contribution in [0.15, 0.2) is 36.4 Å². The molecule has 0 spiro atoms. The highest BCUT2D eigenvalue weighted by atomic mass is 35.5. The molecule has 0 aromatic heterocycles. The number of urea groups is 1. The molecule has 2 N–H and O–H groups in total. The van der Waals surface area contributed by atoms with E-state index >= 15 is 0 Å². The van der Waals surface area contributed by atoms with Gasteiger partial charge >= 0.3 is 6.03 Å². The Bertz CT molecular complexity index is 689. The standard InChI is InChI=1S/C19H23ClN2O2/c1-12(2)15-5-7-16(8-6-15)22-19(23)21-11-24-17-9-13(3)18(20)14(4)10-17/h5-10,12H,11H2,1-4H3,(H2,21,22,23). The zero-order valence-electron chi connectivity index (χ0n) is 14.4. The minimum atomic E-state index is -0.310. The van der Waals surface area contributed by atoms with Crippen LogP contribution >= 0.6 is 11.6 Å².